The van der Waals surface area contributed by atoms with E-state index in [0.717, 1.165) is 25.7 Å². The maximum Gasteiger partial charge on any atom is 0.152 e. The third-order valence-corrected chi connectivity index (χ3v) is 2.75. The van der Waals surface area contributed by atoms with Gasteiger partial charge in [0, 0.05) is 18.2 Å². The van der Waals surface area contributed by atoms with E-state index in [1.165, 1.54) is 0 Å². The van der Waals surface area contributed by atoms with Crippen molar-refractivity contribution in [1.82, 2.24) is 0 Å². The summed E-state index contributed by atoms with van der Waals surface area (Å²) in [6, 6.07) is 1.40. The summed E-state index contributed by atoms with van der Waals surface area (Å²) < 4.78 is 39.5. The molecule has 0 heterocycles. The van der Waals surface area contributed by atoms with Crippen molar-refractivity contribution in [1.29, 1.82) is 0 Å². The van der Waals surface area contributed by atoms with Crippen LogP contribution in [0.3, 0.4) is 0 Å². The van der Waals surface area contributed by atoms with Crippen LogP contribution in [0.25, 0.3) is 0 Å². The topological polar surface area (TPSA) is 12.0 Å². The predicted octanol–water partition coefficient (Wildman–Crippen LogP) is 4.48. The molecule has 1 unspecified atom stereocenters. The summed E-state index contributed by atoms with van der Waals surface area (Å²) in [5.41, 5.74) is -0.227. The fraction of sp³-hybridized carbons (Fsp3) is 0.538. The molecule has 96 valence electrons. The van der Waals surface area contributed by atoms with Crippen LogP contribution >= 0.6 is 0 Å². The minimum Gasteiger partial charge on any atom is -0.378 e. The summed E-state index contributed by atoms with van der Waals surface area (Å²) in [6.07, 6.45) is 3.65. The minimum absolute atomic E-state index is 0.0180. The SMILES string of the molecule is CCCCC(CC)Nc1c(F)cc(F)cc1F. The summed E-state index contributed by atoms with van der Waals surface area (Å²) in [6.45, 7) is 4.01. The van der Waals surface area contributed by atoms with Crippen molar-refractivity contribution in [3.05, 3.63) is 29.6 Å². The van der Waals surface area contributed by atoms with Gasteiger partial charge in [0.25, 0.3) is 0 Å². The Morgan fingerprint density at radius 3 is 2.18 bits per heavy atom. The van der Waals surface area contributed by atoms with E-state index < -0.39 is 17.5 Å². The molecule has 1 N–H and O–H groups in total. The zero-order valence-corrected chi connectivity index (χ0v) is 10.2. The molecule has 1 rings (SSSR count). The van der Waals surface area contributed by atoms with E-state index in [-0.39, 0.29) is 11.7 Å². The van der Waals surface area contributed by atoms with E-state index in [1.807, 2.05) is 6.92 Å². The Bertz CT molecular complexity index is 343. The molecule has 0 aliphatic heterocycles. The quantitative estimate of drug-likeness (QED) is 0.778. The van der Waals surface area contributed by atoms with Gasteiger partial charge in [-0.05, 0) is 12.8 Å². The Kier molecular flexibility index (Phi) is 5.32. The summed E-state index contributed by atoms with van der Waals surface area (Å²) in [5, 5.41) is 2.81. The molecule has 0 aromatic heterocycles. The number of unbranched alkanes of at least 4 members (excludes halogenated alkanes) is 1. The van der Waals surface area contributed by atoms with Gasteiger partial charge in [-0.15, -0.1) is 0 Å². The Morgan fingerprint density at radius 1 is 1.12 bits per heavy atom. The van der Waals surface area contributed by atoms with E-state index in [2.05, 4.69) is 12.2 Å². The minimum atomic E-state index is -0.896. The largest absolute Gasteiger partial charge is 0.378 e. The van der Waals surface area contributed by atoms with Crippen LogP contribution < -0.4 is 5.32 Å². The van der Waals surface area contributed by atoms with Crippen molar-refractivity contribution in [2.24, 2.45) is 0 Å². The zero-order valence-electron chi connectivity index (χ0n) is 10.2. The molecule has 1 aromatic carbocycles. The molecule has 17 heavy (non-hydrogen) atoms. The lowest BCUT2D eigenvalue weighted by Crippen LogP contribution is -2.20. The molecule has 0 fully saturated rings. The number of halogens is 3. The fourth-order valence-electron chi connectivity index (χ4n) is 1.71. The van der Waals surface area contributed by atoms with Gasteiger partial charge in [-0.1, -0.05) is 26.7 Å². The molecule has 0 radical (unpaired) electrons. The Labute approximate surface area is 100 Å². The second kappa shape index (κ2) is 6.52. The Morgan fingerprint density at radius 2 is 1.71 bits per heavy atom. The average molecular weight is 245 g/mol. The van der Waals surface area contributed by atoms with Gasteiger partial charge >= 0.3 is 0 Å². The van der Waals surface area contributed by atoms with Crippen molar-refractivity contribution in [3.63, 3.8) is 0 Å². The number of hydrogen-bond acceptors (Lipinski definition) is 1. The van der Waals surface area contributed by atoms with Crippen LogP contribution in [-0.2, 0) is 0 Å². The molecule has 0 aliphatic carbocycles. The normalized spacial score (nSPS) is 12.5. The fourth-order valence-corrected chi connectivity index (χ4v) is 1.71. The first-order chi connectivity index (χ1) is 8.08. The lowest BCUT2D eigenvalue weighted by Gasteiger charge is -2.18. The molecule has 0 aliphatic rings. The standard InChI is InChI=1S/C13H18F3N/c1-3-5-6-10(4-2)17-13-11(15)7-9(14)8-12(13)16/h7-8,10,17H,3-6H2,1-2H3. The molecule has 0 bridgehead atoms. The summed E-state index contributed by atoms with van der Waals surface area (Å²) in [4.78, 5) is 0. The molecule has 1 nitrogen and oxygen atoms in total. The third kappa shape index (κ3) is 3.95. The van der Waals surface area contributed by atoms with Gasteiger partial charge in [-0.2, -0.15) is 0 Å². The predicted molar refractivity (Wildman–Crippen MR) is 63.5 cm³/mol. The summed E-state index contributed by atoms with van der Waals surface area (Å²) in [5.74, 6) is -2.65. The van der Waals surface area contributed by atoms with Crippen molar-refractivity contribution in [2.75, 3.05) is 5.32 Å². The smallest absolute Gasteiger partial charge is 0.152 e. The molecule has 0 amide bonds. The molecule has 0 spiro atoms. The first-order valence-corrected chi connectivity index (χ1v) is 5.99. The lowest BCUT2D eigenvalue weighted by atomic mass is 10.1. The van der Waals surface area contributed by atoms with Crippen LogP contribution in [0.2, 0.25) is 0 Å². The van der Waals surface area contributed by atoms with E-state index in [1.54, 1.807) is 0 Å². The third-order valence-electron chi connectivity index (χ3n) is 2.75. The molecular weight excluding hydrogens is 227 g/mol. The number of nitrogens with one attached hydrogen (secondary N) is 1. The average Bonchev–Trinajstić information content (AvgIpc) is 2.27. The zero-order chi connectivity index (χ0) is 12.8. The summed E-state index contributed by atoms with van der Waals surface area (Å²) in [7, 11) is 0. The monoisotopic (exact) mass is 245 g/mol. The van der Waals surface area contributed by atoms with E-state index >= 15 is 0 Å². The van der Waals surface area contributed by atoms with Crippen LogP contribution in [0, 0.1) is 17.5 Å². The molecular formula is C13H18F3N. The van der Waals surface area contributed by atoms with Crippen LogP contribution in [0.15, 0.2) is 12.1 Å². The van der Waals surface area contributed by atoms with Crippen LogP contribution in [0.4, 0.5) is 18.9 Å². The summed E-state index contributed by atoms with van der Waals surface area (Å²) >= 11 is 0. The maximum atomic E-state index is 13.4. The van der Waals surface area contributed by atoms with Crippen LogP contribution in [0.1, 0.15) is 39.5 Å². The van der Waals surface area contributed by atoms with Gasteiger partial charge in [0.05, 0.1) is 0 Å². The van der Waals surface area contributed by atoms with Crippen LogP contribution in [-0.4, -0.2) is 6.04 Å². The highest BCUT2D eigenvalue weighted by molar-refractivity contribution is 5.47. The van der Waals surface area contributed by atoms with Gasteiger partial charge in [0.1, 0.15) is 11.5 Å². The number of rotatable bonds is 6. The first-order valence-electron chi connectivity index (χ1n) is 5.99. The van der Waals surface area contributed by atoms with Crippen LogP contribution in [0.5, 0.6) is 0 Å². The Hall–Kier alpha value is -1.19. The number of anilines is 1. The van der Waals surface area contributed by atoms with Crippen molar-refractivity contribution in [2.45, 2.75) is 45.6 Å². The second-order valence-corrected chi connectivity index (χ2v) is 4.14. The highest BCUT2D eigenvalue weighted by Gasteiger charge is 2.14. The Balaban J connectivity index is 2.78. The number of benzene rings is 1. The van der Waals surface area contributed by atoms with Crippen molar-refractivity contribution >= 4 is 5.69 Å². The van der Waals surface area contributed by atoms with Crippen molar-refractivity contribution < 1.29 is 13.2 Å². The van der Waals surface area contributed by atoms with Gasteiger partial charge < -0.3 is 5.32 Å². The maximum absolute atomic E-state index is 13.4. The lowest BCUT2D eigenvalue weighted by molar-refractivity contribution is 0.534. The molecule has 0 saturated heterocycles. The van der Waals surface area contributed by atoms with Gasteiger partial charge in [0.2, 0.25) is 0 Å². The molecule has 1 atom stereocenters. The molecule has 0 saturated carbocycles. The first kappa shape index (κ1) is 13.9. The highest BCUT2D eigenvalue weighted by Crippen LogP contribution is 2.22. The van der Waals surface area contributed by atoms with E-state index in [9.17, 15) is 13.2 Å². The molecule has 4 heteroatoms. The van der Waals surface area contributed by atoms with Gasteiger partial charge in [-0.3, -0.25) is 0 Å². The highest BCUT2D eigenvalue weighted by atomic mass is 19.1. The van der Waals surface area contributed by atoms with Gasteiger partial charge in [-0.25, -0.2) is 13.2 Å². The second-order valence-electron chi connectivity index (χ2n) is 4.14. The van der Waals surface area contributed by atoms with E-state index in [4.69, 9.17) is 0 Å². The molecule has 1 aromatic rings. The number of hydrogen-bond donors (Lipinski definition) is 1. The van der Waals surface area contributed by atoms with Crippen molar-refractivity contribution in [3.8, 4) is 0 Å². The van der Waals surface area contributed by atoms with Gasteiger partial charge in [0.15, 0.2) is 11.6 Å². The van der Waals surface area contributed by atoms with E-state index in [0.29, 0.717) is 12.1 Å².